The highest BCUT2D eigenvalue weighted by molar-refractivity contribution is 5.85. The summed E-state index contributed by atoms with van der Waals surface area (Å²) in [5, 5.41) is 15.4. The van der Waals surface area contributed by atoms with Crippen LogP contribution >= 0.6 is 0 Å². The maximum absolute atomic E-state index is 11.7. The van der Waals surface area contributed by atoms with Crippen molar-refractivity contribution in [3.05, 3.63) is 36.0 Å². The van der Waals surface area contributed by atoms with Gasteiger partial charge in [-0.2, -0.15) is 0 Å². The van der Waals surface area contributed by atoms with E-state index in [9.17, 15) is 9.90 Å². The highest BCUT2D eigenvalue weighted by atomic mass is 16.6. The molecule has 0 bridgehead atoms. The summed E-state index contributed by atoms with van der Waals surface area (Å²) in [7, 11) is 0. The highest BCUT2D eigenvalue weighted by Crippen LogP contribution is 2.26. The van der Waals surface area contributed by atoms with Crippen molar-refractivity contribution in [1.82, 2.24) is 5.27 Å². The van der Waals surface area contributed by atoms with Crippen LogP contribution in [-0.4, -0.2) is 11.2 Å². The van der Waals surface area contributed by atoms with Crippen LogP contribution in [0, 0.1) is 0 Å². The number of carbonyl (C=O) groups is 1. The van der Waals surface area contributed by atoms with E-state index < -0.39 is 17.3 Å². The summed E-state index contributed by atoms with van der Waals surface area (Å²) < 4.78 is 5.93. The van der Waals surface area contributed by atoms with E-state index in [1.807, 2.05) is 6.07 Å². The zero-order valence-electron chi connectivity index (χ0n) is 10.1. The average Bonchev–Trinajstić information content (AvgIpc) is 2.72. The average molecular weight is 247 g/mol. The van der Waals surface area contributed by atoms with E-state index in [2.05, 4.69) is 9.79 Å². The molecule has 0 spiro atoms. The lowest BCUT2D eigenvalue weighted by molar-refractivity contribution is -0.679. The maximum atomic E-state index is 11.7. The van der Waals surface area contributed by atoms with E-state index in [4.69, 9.17) is 5.73 Å². The summed E-state index contributed by atoms with van der Waals surface area (Å²) in [5.74, 6) is -1.28. The number of para-hydroxylation sites is 1. The van der Waals surface area contributed by atoms with Gasteiger partial charge < -0.3 is 15.4 Å². The van der Waals surface area contributed by atoms with Crippen LogP contribution < -0.4 is 15.5 Å². The van der Waals surface area contributed by atoms with Crippen LogP contribution in [0.25, 0.3) is 5.69 Å². The smallest absolute Gasteiger partial charge is 0.255 e. The number of amides is 1. The van der Waals surface area contributed by atoms with Gasteiger partial charge in [-0.05, 0) is 18.5 Å². The van der Waals surface area contributed by atoms with Gasteiger partial charge in [-0.3, -0.25) is 4.79 Å². The van der Waals surface area contributed by atoms with Gasteiger partial charge in [0, 0.05) is 12.1 Å². The second-order valence-electron chi connectivity index (χ2n) is 4.45. The molecule has 1 heterocycles. The molecule has 1 aromatic heterocycles. The molecule has 94 valence electrons. The molecule has 2 rings (SSSR count). The van der Waals surface area contributed by atoms with Gasteiger partial charge in [-0.15, -0.1) is 0 Å². The first-order valence-corrected chi connectivity index (χ1v) is 5.39. The second kappa shape index (κ2) is 4.14. The fraction of sp³-hybridized carbons (Fsp3) is 0.250. The number of hydrogen-bond acceptors (Lipinski definition) is 4. The fourth-order valence-corrected chi connectivity index (χ4v) is 1.63. The van der Waals surface area contributed by atoms with E-state index in [0.29, 0.717) is 5.69 Å². The van der Waals surface area contributed by atoms with Gasteiger partial charge in [-0.1, -0.05) is 18.2 Å². The summed E-state index contributed by atoms with van der Waals surface area (Å²) in [4.78, 5) is 11.5. The molecule has 0 aliphatic rings. The zero-order chi connectivity index (χ0) is 13.3. The molecule has 1 amide bonds. The molecule has 0 unspecified atom stereocenters. The van der Waals surface area contributed by atoms with Gasteiger partial charge in [0.05, 0.1) is 5.27 Å². The molecule has 0 fully saturated rings. The van der Waals surface area contributed by atoms with Gasteiger partial charge in [0.2, 0.25) is 11.6 Å². The van der Waals surface area contributed by atoms with E-state index in [-0.39, 0.29) is 5.69 Å². The molecular formula is C12H13N3O3. The first-order chi connectivity index (χ1) is 8.44. The van der Waals surface area contributed by atoms with E-state index in [1.54, 1.807) is 38.1 Å². The topological polar surface area (TPSA) is 96.1 Å². The lowest BCUT2D eigenvalue weighted by atomic mass is 9.88. The minimum Gasteiger partial charge on any atom is -0.539 e. The van der Waals surface area contributed by atoms with E-state index in [0.717, 1.165) is 0 Å². The highest BCUT2D eigenvalue weighted by Gasteiger charge is 2.40. The molecule has 0 radical (unpaired) electrons. The van der Waals surface area contributed by atoms with Crippen LogP contribution in [0.3, 0.4) is 0 Å². The summed E-state index contributed by atoms with van der Waals surface area (Å²) in [6.45, 7) is 3.12. The number of nitrogens with zero attached hydrogens (tertiary/aromatic N) is 2. The lowest BCUT2D eigenvalue weighted by Gasteiger charge is -2.15. The number of primary amides is 1. The Bertz CT molecular complexity index is 576. The van der Waals surface area contributed by atoms with E-state index >= 15 is 0 Å². The summed E-state index contributed by atoms with van der Waals surface area (Å²) in [6.07, 6.45) is 0. The summed E-state index contributed by atoms with van der Waals surface area (Å²) >= 11 is 0. The van der Waals surface area contributed by atoms with Gasteiger partial charge in [0.25, 0.3) is 5.69 Å². The lowest BCUT2D eigenvalue weighted by Crippen LogP contribution is -2.48. The third-order valence-electron chi connectivity index (χ3n) is 2.82. The van der Waals surface area contributed by atoms with Crippen LogP contribution in [0.2, 0.25) is 0 Å². The Kier molecular flexibility index (Phi) is 2.78. The third kappa shape index (κ3) is 1.81. The molecule has 0 aliphatic heterocycles. The van der Waals surface area contributed by atoms with Crippen molar-refractivity contribution < 1.29 is 19.1 Å². The molecule has 2 aromatic rings. The van der Waals surface area contributed by atoms with Crippen LogP contribution in [-0.2, 0) is 10.2 Å². The monoisotopic (exact) mass is 247 g/mol. The number of aromatic nitrogens is 2. The molecule has 0 saturated heterocycles. The SMILES string of the molecule is CC(C)(C(N)=O)c1c([O-])on[n+]1-c1ccccc1. The van der Waals surface area contributed by atoms with Crippen molar-refractivity contribution in [3.63, 3.8) is 0 Å². The predicted molar refractivity (Wildman–Crippen MR) is 59.7 cm³/mol. The van der Waals surface area contributed by atoms with Crippen molar-refractivity contribution in [1.29, 1.82) is 0 Å². The fourth-order valence-electron chi connectivity index (χ4n) is 1.63. The van der Waals surface area contributed by atoms with E-state index in [1.165, 1.54) is 4.68 Å². The minimum atomic E-state index is -1.16. The predicted octanol–water partition coefficient (Wildman–Crippen LogP) is -0.212. The van der Waals surface area contributed by atoms with Crippen molar-refractivity contribution in [2.45, 2.75) is 19.3 Å². The Hall–Kier alpha value is -2.37. The number of hydrogen-bond donors (Lipinski definition) is 1. The third-order valence-corrected chi connectivity index (χ3v) is 2.82. The summed E-state index contributed by atoms with van der Waals surface area (Å²) in [5.41, 5.74) is 4.90. The minimum absolute atomic E-state index is 0.112. The molecule has 0 aliphatic carbocycles. The second-order valence-corrected chi connectivity index (χ2v) is 4.45. The summed E-state index contributed by atoms with van der Waals surface area (Å²) in [6, 6.07) is 8.93. The molecule has 0 saturated carbocycles. The van der Waals surface area contributed by atoms with Gasteiger partial charge in [0.1, 0.15) is 5.41 Å². The number of nitrogens with two attached hydrogens (primary N) is 1. The molecule has 1 aromatic carbocycles. The van der Waals surface area contributed by atoms with Crippen LogP contribution in [0.15, 0.2) is 34.9 Å². The number of benzene rings is 1. The molecule has 6 heteroatoms. The standard InChI is InChI=1S/C12H13N3O3/c1-12(2,11(13)17)9-10(16)18-14-15(9)8-6-4-3-5-7-8/h3-7H,1-2H3,(H2-,13,14,16,17). The Morgan fingerprint density at radius 2 is 2.00 bits per heavy atom. The van der Waals surface area contributed by atoms with Gasteiger partial charge >= 0.3 is 0 Å². The maximum Gasteiger partial charge on any atom is 0.255 e. The van der Waals surface area contributed by atoms with Crippen LogP contribution in [0.4, 0.5) is 0 Å². The molecule has 0 atom stereocenters. The van der Waals surface area contributed by atoms with Crippen LogP contribution in [0.5, 0.6) is 5.95 Å². The zero-order valence-corrected chi connectivity index (χ0v) is 10.1. The van der Waals surface area contributed by atoms with Crippen molar-refractivity contribution in [2.75, 3.05) is 0 Å². The van der Waals surface area contributed by atoms with Crippen LogP contribution in [0.1, 0.15) is 19.5 Å². The molecule has 18 heavy (non-hydrogen) atoms. The van der Waals surface area contributed by atoms with Crippen molar-refractivity contribution in [3.8, 4) is 11.6 Å². The van der Waals surface area contributed by atoms with Gasteiger partial charge in [-0.25, -0.2) is 0 Å². The van der Waals surface area contributed by atoms with Crippen molar-refractivity contribution in [2.24, 2.45) is 5.73 Å². The quantitative estimate of drug-likeness (QED) is 0.759. The Labute approximate surface area is 104 Å². The van der Waals surface area contributed by atoms with Crippen molar-refractivity contribution >= 4 is 5.91 Å². The molecular weight excluding hydrogens is 234 g/mol. The number of rotatable bonds is 3. The Morgan fingerprint density at radius 1 is 1.39 bits per heavy atom. The normalized spacial score (nSPS) is 11.4. The van der Waals surface area contributed by atoms with Gasteiger partial charge in [0.15, 0.2) is 5.95 Å². The first kappa shape index (κ1) is 12.1. The Morgan fingerprint density at radius 3 is 2.56 bits per heavy atom. The Balaban J connectivity index is 2.63. The largest absolute Gasteiger partial charge is 0.539 e. The molecule has 6 nitrogen and oxygen atoms in total. The molecule has 2 N–H and O–H groups in total. The first-order valence-electron chi connectivity index (χ1n) is 5.39. The number of carbonyl (C=O) groups excluding carboxylic acids is 1.